The van der Waals surface area contributed by atoms with Crippen LogP contribution in [-0.2, 0) is 18.9 Å². The molecule has 0 radical (unpaired) electrons. The third-order valence-electron chi connectivity index (χ3n) is 3.86. The van der Waals surface area contributed by atoms with Gasteiger partial charge in [0.1, 0.15) is 6.61 Å². The highest BCUT2D eigenvalue weighted by Crippen LogP contribution is 1.96. The van der Waals surface area contributed by atoms with E-state index in [0.29, 0.717) is 52.2 Å². The molecule has 0 aliphatic heterocycles. The Morgan fingerprint density at radius 2 is 1.36 bits per heavy atom. The van der Waals surface area contributed by atoms with E-state index in [-0.39, 0.29) is 1.43 Å². The fraction of sp³-hybridized carbons (Fsp3) is 0.900. The third kappa shape index (κ3) is 19.5. The minimum absolute atomic E-state index is 0. The van der Waals surface area contributed by atoms with Crippen LogP contribution in [0.4, 0.5) is 0 Å². The van der Waals surface area contributed by atoms with Crippen LogP contribution in [0.1, 0.15) is 42.0 Å². The lowest BCUT2D eigenvalue weighted by Crippen LogP contribution is -2.25. The SMILES string of the molecule is CCC(C)C#CCOCCOCCOCCOCCNCC(C)CC.[HH]. The lowest BCUT2D eigenvalue weighted by atomic mass is 10.1. The topological polar surface area (TPSA) is 49.0 Å². The van der Waals surface area contributed by atoms with Crippen LogP contribution in [0.25, 0.3) is 0 Å². The Balaban J connectivity index is 0. The molecular weight excluding hydrogens is 318 g/mol. The van der Waals surface area contributed by atoms with Crippen LogP contribution in [0.5, 0.6) is 0 Å². The van der Waals surface area contributed by atoms with Crippen molar-refractivity contribution in [3.8, 4) is 11.8 Å². The summed E-state index contributed by atoms with van der Waals surface area (Å²) >= 11 is 0. The largest absolute Gasteiger partial charge is 0.378 e. The molecule has 2 unspecified atom stereocenters. The van der Waals surface area contributed by atoms with Gasteiger partial charge in [0.25, 0.3) is 0 Å². The average Bonchev–Trinajstić information content (AvgIpc) is 2.63. The van der Waals surface area contributed by atoms with Crippen molar-refractivity contribution in [2.45, 2.75) is 40.5 Å². The lowest BCUT2D eigenvalue weighted by Gasteiger charge is -2.10. The second-order valence-electron chi connectivity index (χ2n) is 6.24. The van der Waals surface area contributed by atoms with Crippen LogP contribution >= 0.6 is 0 Å². The van der Waals surface area contributed by atoms with Crippen molar-refractivity contribution in [3.63, 3.8) is 0 Å². The van der Waals surface area contributed by atoms with Crippen LogP contribution < -0.4 is 5.32 Å². The first-order valence-electron chi connectivity index (χ1n) is 9.70. The molecule has 0 saturated carbocycles. The third-order valence-corrected chi connectivity index (χ3v) is 3.86. The fourth-order valence-electron chi connectivity index (χ4n) is 1.74. The summed E-state index contributed by atoms with van der Waals surface area (Å²) in [7, 11) is 0. The standard InChI is InChI=1S/C20H39NO4.H2/c1-5-19(3)8-7-10-22-12-14-24-16-17-25-15-13-23-11-9-21-18-20(4)6-2;/h19-21H,5-6,9-18H2,1-4H3;1H. The number of ether oxygens (including phenoxy) is 4. The highest BCUT2D eigenvalue weighted by molar-refractivity contribution is 5.02. The molecule has 0 saturated heterocycles. The fourth-order valence-corrected chi connectivity index (χ4v) is 1.74. The van der Waals surface area contributed by atoms with Crippen LogP contribution in [0, 0.1) is 23.7 Å². The van der Waals surface area contributed by atoms with E-state index in [9.17, 15) is 0 Å². The Hall–Kier alpha value is -0.640. The Morgan fingerprint density at radius 1 is 0.800 bits per heavy atom. The van der Waals surface area contributed by atoms with E-state index < -0.39 is 0 Å². The summed E-state index contributed by atoms with van der Waals surface area (Å²) in [5, 5.41) is 3.38. The maximum atomic E-state index is 5.50. The number of nitrogens with one attached hydrogen (secondary N) is 1. The van der Waals surface area contributed by atoms with E-state index in [0.717, 1.165) is 32.0 Å². The highest BCUT2D eigenvalue weighted by atomic mass is 16.6. The first-order valence-corrected chi connectivity index (χ1v) is 9.70. The Labute approximate surface area is 156 Å². The first kappa shape index (κ1) is 24.4. The normalized spacial score (nSPS) is 13.3. The molecule has 0 amide bonds. The summed E-state index contributed by atoms with van der Waals surface area (Å²) < 4.78 is 21.7. The van der Waals surface area contributed by atoms with Gasteiger partial charge in [-0.3, -0.25) is 0 Å². The molecule has 2 atom stereocenters. The van der Waals surface area contributed by atoms with E-state index in [2.05, 4.69) is 44.9 Å². The summed E-state index contributed by atoms with van der Waals surface area (Å²) in [6.45, 7) is 15.4. The molecule has 0 rings (SSSR count). The maximum Gasteiger partial charge on any atom is 0.107 e. The molecule has 0 spiro atoms. The van der Waals surface area contributed by atoms with Crippen molar-refractivity contribution >= 4 is 0 Å². The van der Waals surface area contributed by atoms with Crippen LogP contribution in [0.3, 0.4) is 0 Å². The van der Waals surface area contributed by atoms with E-state index in [4.69, 9.17) is 18.9 Å². The van der Waals surface area contributed by atoms with Gasteiger partial charge in [-0.25, -0.2) is 0 Å². The molecule has 0 heterocycles. The summed E-state index contributed by atoms with van der Waals surface area (Å²) in [6.07, 6.45) is 2.29. The Morgan fingerprint density at radius 3 is 1.92 bits per heavy atom. The minimum Gasteiger partial charge on any atom is -0.378 e. The second kappa shape index (κ2) is 19.7. The molecular formula is C20H41NO4. The summed E-state index contributed by atoms with van der Waals surface area (Å²) in [5.41, 5.74) is 0. The van der Waals surface area contributed by atoms with Gasteiger partial charge >= 0.3 is 0 Å². The Bertz CT molecular complexity index is 334. The van der Waals surface area contributed by atoms with Crippen LogP contribution in [0.2, 0.25) is 0 Å². The molecule has 150 valence electrons. The van der Waals surface area contributed by atoms with Gasteiger partial charge in [-0.05, 0) is 18.9 Å². The number of hydrogen-bond donors (Lipinski definition) is 1. The Kier molecular flexibility index (Phi) is 19.2. The zero-order valence-electron chi connectivity index (χ0n) is 16.8. The first-order chi connectivity index (χ1) is 12.2. The van der Waals surface area contributed by atoms with Gasteiger partial charge in [0.15, 0.2) is 0 Å². The molecule has 0 aromatic rings. The van der Waals surface area contributed by atoms with Gasteiger partial charge in [0, 0.05) is 13.9 Å². The summed E-state index contributed by atoms with van der Waals surface area (Å²) in [4.78, 5) is 0. The van der Waals surface area contributed by atoms with Gasteiger partial charge in [-0.15, -0.1) is 0 Å². The monoisotopic (exact) mass is 359 g/mol. The number of rotatable bonds is 17. The van der Waals surface area contributed by atoms with E-state index in [1.807, 2.05) is 0 Å². The van der Waals surface area contributed by atoms with Crippen LogP contribution in [-0.4, -0.2) is 65.9 Å². The zero-order chi connectivity index (χ0) is 18.6. The summed E-state index contributed by atoms with van der Waals surface area (Å²) in [6, 6.07) is 0. The molecule has 0 aromatic carbocycles. The van der Waals surface area contributed by atoms with Gasteiger partial charge < -0.3 is 24.3 Å². The minimum atomic E-state index is 0. The predicted molar refractivity (Wildman–Crippen MR) is 105 cm³/mol. The van der Waals surface area contributed by atoms with Crippen molar-refractivity contribution in [1.29, 1.82) is 0 Å². The van der Waals surface area contributed by atoms with Gasteiger partial charge in [-0.2, -0.15) is 0 Å². The lowest BCUT2D eigenvalue weighted by molar-refractivity contribution is 0.00166. The molecule has 0 bridgehead atoms. The maximum absolute atomic E-state index is 5.50. The molecule has 1 N–H and O–H groups in total. The molecule has 25 heavy (non-hydrogen) atoms. The number of hydrogen-bond acceptors (Lipinski definition) is 5. The van der Waals surface area contributed by atoms with Crippen molar-refractivity contribution in [1.82, 2.24) is 5.32 Å². The second-order valence-corrected chi connectivity index (χ2v) is 6.24. The van der Waals surface area contributed by atoms with E-state index in [1.165, 1.54) is 6.42 Å². The molecule has 0 aliphatic rings. The van der Waals surface area contributed by atoms with E-state index >= 15 is 0 Å². The summed E-state index contributed by atoms with van der Waals surface area (Å²) in [5.74, 6) is 7.33. The van der Waals surface area contributed by atoms with Crippen molar-refractivity contribution in [2.24, 2.45) is 11.8 Å². The van der Waals surface area contributed by atoms with Crippen LogP contribution in [0.15, 0.2) is 0 Å². The van der Waals surface area contributed by atoms with Gasteiger partial charge in [0.2, 0.25) is 0 Å². The van der Waals surface area contributed by atoms with Gasteiger partial charge in [0.05, 0.1) is 46.2 Å². The molecule has 0 aromatic heterocycles. The molecule has 5 heteroatoms. The average molecular weight is 360 g/mol. The van der Waals surface area contributed by atoms with Crippen molar-refractivity contribution in [2.75, 3.05) is 65.9 Å². The molecule has 5 nitrogen and oxygen atoms in total. The van der Waals surface area contributed by atoms with Crippen molar-refractivity contribution < 1.29 is 20.4 Å². The molecule has 0 aliphatic carbocycles. The molecule has 0 fully saturated rings. The van der Waals surface area contributed by atoms with E-state index in [1.54, 1.807) is 0 Å². The highest BCUT2D eigenvalue weighted by Gasteiger charge is 1.97. The predicted octanol–water partition coefficient (Wildman–Crippen LogP) is 2.98. The quantitative estimate of drug-likeness (QED) is 0.320. The smallest absolute Gasteiger partial charge is 0.107 e. The van der Waals surface area contributed by atoms with Gasteiger partial charge in [-0.1, -0.05) is 46.0 Å². The van der Waals surface area contributed by atoms with Crippen molar-refractivity contribution in [3.05, 3.63) is 0 Å². The zero-order valence-corrected chi connectivity index (χ0v) is 16.8.